The Morgan fingerprint density at radius 2 is 1.95 bits per heavy atom. The fourth-order valence-electron chi connectivity index (χ4n) is 2.37. The standard InChI is InChI=1S/C15H25N5O/c1-10(13(21)20-7-5-6-8-20)17-12-9-11(16)18-14(19-12)15(2,3)4/h9-10H,5-8H2,1-4H3,(H3,16,17,18,19). The van der Waals surface area contributed by atoms with Crippen LogP contribution < -0.4 is 11.1 Å². The van der Waals surface area contributed by atoms with E-state index in [2.05, 4.69) is 15.3 Å². The Kier molecular flexibility index (Phi) is 4.34. The normalized spacial score (nSPS) is 16.9. The zero-order valence-electron chi connectivity index (χ0n) is 13.3. The zero-order chi connectivity index (χ0) is 15.6. The molecular formula is C15H25N5O. The van der Waals surface area contributed by atoms with Gasteiger partial charge in [0.1, 0.15) is 23.5 Å². The van der Waals surface area contributed by atoms with Crippen LogP contribution in [0.5, 0.6) is 0 Å². The molecule has 1 aromatic rings. The highest BCUT2D eigenvalue weighted by Crippen LogP contribution is 2.21. The van der Waals surface area contributed by atoms with Crippen molar-refractivity contribution in [3.8, 4) is 0 Å². The quantitative estimate of drug-likeness (QED) is 0.887. The van der Waals surface area contributed by atoms with Crippen LogP contribution in [0.2, 0.25) is 0 Å². The van der Waals surface area contributed by atoms with Crippen LogP contribution in [-0.2, 0) is 10.2 Å². The number of nitrogens with two attached hydrogens (primary N) is 1. The number of likely N-dealkylation sites (tertiary alicyclic amines) is 1. The van der Waals surface area contributed by atoms with Crippen molar-refractivity contribution >= 4 is 17.5 Å². The molecule has 1 unspecified atom stereocenters. The average Bonchev–Trinajstić information content (AvgIpc) is 2.89. The van der Waals surface area contributed by atoms with E-state index in [1.807, 2.05) is 32.6 Å². The SMILES string of the molecule is CC(Nc1cc(N)nc(C(C)(C)C)n1)C(=O)N1CCCC1. The molecule has 1 fully saturated rings. The number of hydrogen-bond acceptors (Lipinski definition) is 5. The molecule has 116 valence electrons. The number of nitrogens with zero attached hydrogens (tertiary/aromatic N) is 3. The van der Waals surface area contributed by atoms with Gasteiger partial charge in [0.25, 0.3) is 0 Å². The number of amides is 1. The lowest BCUT2D eigenvalue weighted by Gasteiger charge is -2.23. The van der Waals surface area contributed by atoms with Crippen LogP contribution in [0.3, 0.4) is 0 Å². The van der Waals surface area contributed by atoms with Gasteiger partial charge in [0.2, 0.25) is 5.91 Å². The van der Waals surface area contributed by atoms with Crippen molar-refractivity contribution in [2.24, 2.45) is 0 Å². The van der Waals surface area contributed by atoms with Gasteiger partial charge in [0.15, 0.2) is 0 Å². The van der Waals surface area contributed by atoms with Crippen molar-refractivity contribution in [3.05, 3.63) is 11.9 Å². The minimum atomic E-state index is -0.315. The number of carbonyl (C=O) groups is 1. The van der Waals surface area contributed by atoms with Crippen LogP contribution in [0.4, 0.5) is 11.6 Å². The van der Waals surface area contributed by atoms with Crippen molar-refractivity contribution in [1.29, 1.82) is 0 Å². The number of carbonyl (C=O) groups excluding carboxylic acids is 1. The van der Waals surface area contributed by atoms with E-state index in [0.29, 0.717) is 17.5 Å². The second-order valence-corrected chi connectivity index (χ2v) is 6.65. The van der Waals surface area contributed by atoms with E-state index in [-0.39, 0.29) is 17.4 Å². The van der Waals surface area contributed by atoms with Crippen molar-refractivity contribution in [3.63, 3.8) is 0 Å². The summed E-state index contributed by atoms with van der Waals surface area (Å²) in [5.41, 5.74) is 5.66. The number of hydrogen-bond donors (Lipinski definition) is 2. The Hall–Kier alpha value is -1.85. The predicted molar refractivity (Wildman–Crippen MR) is 84.0 cm³/mol. The first kappa shape index (κ1) is 15.5. The number of nitrogen functional groups attached to an aromatic ring is 1. The molecule has 21 heavy (non-hydrogen) atoms. The second-order valence-electron chi connectivity index (χ2n) is 6.65. The molecule has 6 heteroatoms. The van der Waals surface area contributed by atoms with E-state index in [1.54, 1.807) is 6.07 Å². The van der Waals surface area contributed by atoms with Gasteiger partial charge in [-0.2, -0.15) is 0 Å². The average molecular weight is 291 g/mol. The second kappa shape index (κ2) is 5.87. The van der Waals surface area contributed by atoms with E-state index in [4.69, 9.17) is 5.73 Å². The van der Waals surface area contributed by atoms with Gasteiger partial charge in [-0.3, -0.25) is 4.79 Å². The van der Waals surface area contributed by atoms with Crippen LogP contribution in [0.15, 0.2) is 6.07 Å². The Bertz CT molecular complexity index is 517. The summed E-state index contributed by atoms with van der Waals surface area (Å²) in [5.74, 6) is 1.80. The van der Waals surface area contributed by atoms with Crippen LogP contribution >= 0.6 is 0 Å². The highest BCUT2D eigenvalue weighted by atomic mass is 16.2. The lowest BCUT2D eigenvalue weighted by molar-refractivity contribution is -0.130. The Morgan fingerprint density at radius 1 is 1.33 bits per heavy atom. The van der Waals surface area contributed by atoms with Gasteiger partial charge >= 0.3 is 0 Å². The van der Waals surface area contributed by atoms with Gasteiger partial charge in [-0.15, -0.1) is 0 Å². The molecule has 0 saturated carbocycles. The molecule has 3 N–H and O–H groups in total. The van der Waals surface area contributed by atoms with Crippen molar-refractivity contribution in [1.82, 2.24) is 14.9 Å². The molecule has 0 aromatic carbocycles. The van der Waals surface area contributed by atoms with Crippen molar-refractivity contribution in [2.75, 3.05) is 24.1 Å². The predicted octanol–water partition coefficient (Wildman–Crippen LogP) is 1.78. The summed E-state index contributed by atoms with van der Waals surface area (Å²) in [6, 6.07) is 1.36. The van der Waals surface area contributed by atoms with Gasteiger partial charge in [-0.1, -0.05) is 20.8 Å². The van der Waals surface area contributed by atoms with Crippen LogP contribution in [0.1, 0.15) is 46.4 Å². The van der Waals surface area contributed by atoms with Crippen LogP contribution in [0, 0.1) is 0 Å². The maximum absolute atomic E-state index is 12.3. The molecule has 0 bridgehead atoms. The third kappa shape index (κ3) is 3.83. The number of nitrogens with one attached hydrogen (secondary N) is 1. The van der Waals surface area contributed by atoms with Gasteiger partial charge in [0.05, 0.1) is 0 Å². The number of aromatic nitrogens is 2. The minimum Gasteiger partial charge on any atom is -0.384 e. The van der Waals surface area contributed by atoms with E-state index in [1.165, 1.54) is 0 Å². The summed E-state index contributed by atoms with van der Waals surface area (Å²) < 4.78 is 0. The van der Waals surface area contributed by atoms with E-state index < -0.39 is 0 Å². The maximum atomic E-state index is 12.3. The molecule has 1 amide bonds. The lowest BCUT2D eigenvalue weighted by atomic mass is 9.96. The van der Waals surface area contributed by atoms with E-state index in [9.17, 15) is 4.79 Å². The van der Waals surface area contributed by atoms with Crippen molar-refractivity contribution < 1.29 is 4.79 Å². The summed E-state index contributed by atoms with van der Waals surface area (Å²) in [6.07, 6.45) is 2.18. The minimum absolute atomic E-state index is 0.113. The third-order valence-corrected chi connectivity index (χ3v) is 3.57. The summed E-state index contributed by atoms with van der Waals surface area (Å²) in [5, 5.41) is 3.15. The maximum Gasteiger partial charge on any atom is 0.244 e. The Morgan fingerprint density at radius 3 is 2.52 bits per heavy atom. The summed E-state index contributed by atoms with van der Waals surface area (Å²) in [7, 11) is 0. The smallest absolute Gasteiger partial charge is 0.244 e. The van der Waals surface area contributed by atoms with Crippen LogP contribution in [-0.4, -0.2) is 39.9 Å². The molecule has 2 heterocycles. The van der Waals surface area contributed by atoms with Gasteiger partial charge in [0, 0.05) is 24.6 Å². The molecule has 1 aromatic heterocycles. The monoisotopic (exact) mass is 291 g/mol. The fraction of sp³-hybridized carbons (Fsp3) is 0.667. The summed E-state index contributed by atoms with van der Waals surface area (Å²) in [4.78, 5) is 22.9. The molecule has 6 nitrogen and oxygen atoms in total. The molecular weight excluding hydrogens is 266 g/mol. The van der Waals surface area contributed by atoms with Gasteiger partial charge in [-0.25, -0.2) is 9.97 Å². The van der Waals surface area contributed by atoms with E-state index in [0.717, 1.165) is 25.9 Å². The number of anilines is 2. The van der Waals surface area contributed by atoms with Gasteiger partial charge in [-0.05, 0) is 19.8 Å². The number of rotatable bonds is 3. The molecule has 1 aliphatic rings. The third-order valence-electron chi connectivity index (χ3n) is 3.57. The Balaban J connectivity index is 2.11. The highest BCUT2D eigenvalue weighted by Gasteiger charge is 2.24. The first-order valence-corrected chi connectivity index (χ1v) is 7.48. The summed E-state index contributed by atoms with van der Waals surface area (Å²) in [6.45, 7) is 9.66. The molecule has 1 atom stereocenters. The largest absolute Gasteiger partial charge is 0.384 e. The van der Waals surface area contributed by atoms with Crippen molar-refractivity contribution in [2.45, 2.75) is 52.0 Å². The molecule has 2 rings (SSSR count). The first-order valence-electron chi connectivity index (χ1n) is 7.48. The summed E-state index contributed by atoms with van der Waals surface area (Å²) >= 11 is 0. The van der Waals surface area contributed by atoms with Gasteiger partial charge < -0.3 is 16.0 Å². The molecule has 0 aliphatic carbocycles. The Labute approximate surface area is 126 Å². The lowest BCUT2D eigenvalue weighted by Crippen LogP contribution is -2.39. The van der Waals surface area contributed by atoms with E-state index >= 15 is 0 Å². The highest BCUT2D eigenvalue weighted by molar-refractivity contribution is 5.84. The zero-order valence-corrected chi connectivity index (χ0v) is 13.3. The molecule has 0 radical (unpaired) electrons. The first-order chi connectivity index (χ1) is 9.77. The molecule has 1 aliphatic heterocycles. The molecule has 1 saturated heterocycles. The fourth-order valence-corrected chi connectivity index (χ4v) is 2.37. The van der Waals surface area contributed by atoms with Crippen LogP contribution in [0.25, 0.3) is 0 Å². The topological polar surface area (TPSA) is 84.1 Å². The molecule has 0 spiro atoms.